The quantitative estimate of drug-likeness (QED) is 0.924. The van der Waals surface area contributed by atoms with Crippen molar-refractivity contribution in [2.24, 2.45) is 17.8 Å². The van der Waals surface area contributed by atoms with Crippen LogP contribution < -0.4 is 5.56 Å². The van der Waals surface area contributed by atoms with E-state index in [9.17, 15) is 14.7 Å². The minimum atomic E-state index is -0.744. The van der Waals surface area contributed by atoms with Crippen LogP contribution in [0.2, 0.25) is 0 Å². The molecule has 0 saturated heterocycles. The Hall–Kier alpha value is -1.62. The highest BCUT2D eigenvalue weighted by atomic mass is 32.1. The Morgan fingerprint density at radius 1 is 1.25 bits per heavy atom. The van der Waals surface area contributed by atoms with Gasteiger partial charge in [0.15, 0.2) is 0 Å². The predicted molar refractivity (Wildman–Crippen MR) is 77.1 cm³/mol. The molecule has 2 fully saturated rings. The minimum absolute atomic E-state index is 0.0191. The number of benzene rings is 1. The highest BCUT2D eigenvalue weighted by Gasteiger charge is 2.52. The molecule has 4 nitrogen and oxygen atoms in total. The zero-order valence-electron chi connectivity index (χ0n) is 10.9. The van der Waals surface area contributed by atoms with Gasteiger partial charge in [0.25, 0.3) is 5.56 Å². The molecule has 5 heteroatoms. The van der Waals surface area contributed by atoms with E-state index in [0.717, 1.165) is 24.0 Å². The molecule has 0 aliphatic heterocycles. The normalized spacial score (nSPS) is 32.0. The average Bonchev–Trinajstić information content (AvgIpc) is 3.11. The molecule has 1 heterocycles. The van der Waals surface area contributed by atoms with Crippen LogP contribution in [0.15, 0.2) is 29.1 Å². The molecule has 0 radical (unpaired) electrons. The lowest BCUT2D eigenvalue weighted by molar-refractivity contribution is -0.145. The molecule has 4 unspecified atom stereocenters. The van der Waals surface area contributed by atoms with Crippen molar-refractivity contribution in [3.05, 3.63) is 34.6 Å². The van der Waals surface area contributed by atoms with Crippen LogP contribution in [0, 0.1) is 17.8 Å². The maximum atomic E-state index is 12.5. The number of hydrogen-bond donors (Lipinski definition) is 1. The Morgan fingerprint density at radius 2 is 2.00 bits per heavy atom. The van der Waals surface area contributed by atoms with Crippen molar-refractivity contribution < 1.29 is 9.90 Å². The van der Waals surface area contributed by atoms with Crippen LogP contribution in [-0.4, -0.2) is 15.0 Å². The van der Waals surface area contributed by atoms with Crippen LogP contribution in [0.1, 0.15) is 25.3 Å². The molecule has 2 saturated carbocycles. The summed E-state index contributed by atoms with van der Waals surface area (Å²) in [5.74, 6) is -0.530. The number of fused-ring (bicyclic) bond motifs is 3. The monoisotopic (exact) mass is 289 g/mol. The second-order valence-corrected chi connectivity index (χ2v) is 6.92. The van der Waals surface area contributed by atoms with Crippen LogP contribution in [0.25, 0.3) is 10.1 Å². The molecular formula is C15H15NO3S. The largest absolute Gasteiger partial charge is 0.481 e. The van der Waals surface area contributed by atoms with Crippen LogP contribution in [0.3, 0.4) is 0 Å². The van der Waals surface area contributed by atoms with Crippen LogP contribution in [0.4, 0.5) is 0 Å². The summed E-state index contributed by atoms with van der Waals surface area (Å²) in [6, 6.07) is 7.39. The topological polar surface area (TPSA) is 59.3 Å². The van der Waals surface area contributed by atoms with Crippen molar-refractivity contribution in [2.75, 3.05) is 0 Å². The van der Waals surface area contributed by atoms with Gasteiger partial charge in [0.2, 0.25) is 0 Å². The standard InChI is InChI=1S/C15H15NO3S/c17-14-10-3-1-2-4-11(10)20-16(14)13-9-6-5-8(7-9)12(13)15(18)19/h1-4,8-9,12-13H,5-7H2,(H,18,19). The highest BCUT2D eigenvalue weighted by Crippen LogP contribution is 2.55. The fourth-order valence-electron chi connectivity index (χ4n) is 4.13. The minimum Gasteiger partial charge on any atom is -0.481 e. The van der Waals surface area contributed by atoms with Crippen molar-refractivity contribution in [1.29, 1.82) is 0 Å². The van der Waals surface area contributed by atoms with Crippen LogP contribution >= 0.6 is 11.5 Å². The van der Waals surface area contributed by atoms with Crippen molar-refractivity contribution in [1.82, 2.24) is 3.96 Å². The lowest BCUT2D eigenvalue weighted by atomic mass is 9.85. The third kappa shape index (κ3) is 1.53. The van der Waals surface area contributed by atoms with E-state index in [0.29, 0.717) is 11.3 Å². The molecule has 1 N–H and O–H groups in total. The molecule has 4 atom stereocenters. The molecule has 1 aromatic carbocycles. The van der Waals surface area contributed by atoms with Gasteiger partial charge in [0.1, 0.15) is 0 Å². The van der Waals surface area contributed by atoms with Gasteiger partial charge >= 0.3 is 5.97 Å². The molecule has 2 aliphatic rings. The second kappa shape index (κ2) is 4.19. The Bertz CT molecular complexity index is 747. The highest BCUT2D eigenvalue weighted by molar-refractivity contribution is 7.13. The molecule has 0 amide bonds. The summed E-state index contributed by atoms with van der Waals surface area (Å²) >= 11 is 1.42. The summed E-state index contributed by atoms with van der Waals surface area (Å²) in [4.78, 5) is 24.1. The number of hydrogen-bond acceptors (Lipinski definition) is 3. The summed E-state index contributed by atoms with van der Waals surface area (Å²) in [6.07, 6.45) is 3.01. The Labute approximate surface area is 119 Å². The van der Waals surface area contributed by atoms with Crippen LogP contribution in [-0.2, 0) is 4.79 Å². The first-order chi connectivity index (χ1) is 9.66. The SMILES string of the molecule is O=C(O)C1C2CCC(C2)C1n1sc2ccccc2c1=O. The number of carboxylic acids is 1. The number of rotatable bonds is 2. The first-order valence-electron chi connectivity index (χ1n) is 7.00. The molecule has 1 aromatic heterocycles. The molecule has 4 rings (SSSR count). The molecule has 2 aromatic rings. The van der Waals surface area contributed by atoms with Crippen molar-refractivity contribution in [3.8, 4) is 0 Å². The molecule has 2 aliphatic carbocycles. The van der Waals surface area contributed by atoms with E-state index in [1.165, 1.54) is 11.5 Å². The first-order valence-corrected chi connectivity index (χ1v) is 7.77. The van der Waals surface area contributed by atoms with Gasteiger partial charge in [-0.3, -0.25) is 13.5 Å². The zero-order valence-corrected chi connectivity index (χ0v) is 11.7. The van der Waals surface area contributed by atoms with Gasteiger partial charge in [0, 0.05) is 0 Å². The van der Waals surface area contributed by atoms with Crippen molar-refractivity contribution in [3.63, 3.8) is 0 Å². The van der Waals surface area contributed by atoms with E-state index in [2.05, 4.69) is 0 Å². The summed E-state index contributed by atoms with van der Waals surface area (Å²) < 4.78 is 2.69. The average molecular weight is 289 g/mol. The van der Waals surface area contributed by atoms with E-state index in [1.807, 2.05) is 24.3 Å². The predicted octanol–water partition coefficient (Wildman–Crippen LogP) is 2.73. The van der Waals surface area contributed by atoms with Gasteiger partial charge in [-0.05, 0) is 43.2 Å². The summed E-state index contributed by atoms with van der Waals surface area (Å²) in [6.45, 7) is 0. The Kier molecular flexibility index (Phi) is 2.54. The summed E-state index contributed by atoms with van der Waals surface area (Å²) in [5, 5.41) is 10.2. The fourth-order valence-corrected chi connectivity index (χ4v) is 5.34. The summed E-state index contributed by atoms with van der Waals surface area (Å²) in [7, 11) is 0. The molecule has 104 valence electrons. The van der Waals surface area contributed by atoms with Gasteiger partial charge in [-0.25, -0.2) is 0 Å². The van der Waals surface area contributed by atoms with Crippen molar-refractivity contribution in [2.45, 2.75) is 25.3 Å². The number of carbonyl (C=O) groups is 1. The van der Waals surface area contributed by atoms with Gasteiger partial charge < -0.3 is 5.11 Å². The fraction of sp³-hybridized carbons (Fsp3) is 0.467. The number of aliphatic carboxylic acids is 1. The molecule has 20 heavy (non-hydrogen) atoms. The van der Waals surface area contributed by atoms with Gasteiger partial charge in [-0.1, -0.05) is 23.7 Å². The van der Waals surface area contributed by atoms with Gasteiger partial charge in [-0.2, -0.15) is 0 Å². The Morgan fingerprint density at radius 3 is 2.75 bits per heavy atom. The van der Waals surface area contributed by atoms with E-state index >= 15 is 0 Å². The van der Waals surface area contributed by atoms with E-state index in [4.69, 9.17) is 0 Å². The lowest BCUT2D eigenvalue weighted by Crippen LogP contribution is -2.34. The van der Waals surface area contributed by atoms with Crippen molar-refractivity contribution >= 4 is 27.6 Å². The first kappa shape index (κ1) is 12.1. The van der Waals surface area contributed by atoms with Crippen LogP contribution in [0.5, 0.6) is 0 Å². The third-order valence-electron chi connectivity index (χ3n) is 4.94. The number of nitrogens with zero attached hydrogens (tertiary/aromatic N) is 1. The molecule has 0 spiro atoms. The maximum Gasteiger partial charge on any atom is 0.308 e. The Balaban J connectivity index is 1.88. The maximum absolute atomic E-state index is 12.5. The van der Waals surface area contributed by atoms with E-state index < -0.39 is 5.97 Å². The number of aromatic nitrogens is 1. The van der Waals surface area contributed by atoms with Gasteiger partial charge in [0.05, 0.1) is 22.0 Å². The second-order valence-electron chi connectivity index (χ2n) is 5.91. The molecular weight excluding hydrogens is 274 g/mol. The zero-order chi connectivity index (χ0) is 13.9. The lowest BCUT2D eigenvalue weighted by Gasteiger charge is -2.27. The van der Waals surface area contributed by atoms with E-state index in [1.54, 1.807) is 3.96 Å². The van der Waals surface area contributed by atoms with Gasteiger partial charge in [-0.15, -0.1) is 0 Å². The third-order valence-corrected chi connectivity index (χ3v) is 6.10. The van der Waals surface area contributed by atoms with E-state index in [-0.39, 0.29) is 23.4 Å². The number of carboxylic acid groups (broad SMARTS) is 1. The molecule has 2 bridgehead atoms. The summed E-state index contributed by atoms with van der Waals surface area (Å²) in [5.41, 5.74) is -0.0191. The smallest absolute Gasteiger partial charge is 0.308 e.